The Morgan fingerprint density at radius 1 is 1.25 bits per heavy atom. The maximum atomic E-state index is 15.2. The van der Waals surface area contributed by atoms with Gasteiger partial charge >= 0.3 is 11.9 Å². The van der Waals surface area contributed by atoms with E-state index in [4.69, 9.17) is 16.3 Å². The quantitative estimate of drug-likeness (QED) is 0.464. The molecule has 192 valence electrons. The van der Waals surface area contributed by atoms with Crippen LogP contribution in [0.1, 0.15) is 36.5 Å². The highest BCUT2D eigenvalue weighted by Gasteiger charge is 2.39. The zero-order valence-electron chi connectivity index (χ0n) is 19.0. The van der Waals surface area contributed by atoms with Gasteiger partial charge in [-0.05, 0) is 37.5 Å². The number of aromatic nitrogens is 3. The monoisotopic (exact) mass is 530 g/mol. The Labute approximate surface area is 206 Å². The fourth-order valence-electron chi connectivity index (χ4n) is 3.78. The molecule has 7 nitrogen and oxygen atoms in total. The number of carbonyl (C=O) groups excluding carboxylic acids is 1. The summed E-state index contributed by atoms with van der Waals surface area (Å²) in [6.45, 7) is 2.99. The molecule has 3 aromatic rings. The summed E-state index contributed by atoms with van der Waals surface area (Å²) < 4.78 is 76.1. The lowest BCUT2D eigenvalue weighted by Gasteiger charge is -2.20. The van der Waals surface area contributed by atoms with Crippen LogP contribution in [-0.2, 0) is 13.0 Å². The molecule has 0 saturated carbocycles. The van der Waals surface area contributed by atoms with Crippen molar-refractivity contribution < 1.29 is 31.5 Å². The third kappa shape index (κ3) is 4.95. The molecule has 1 amide bonds. The molecule has 2 heterocycles. The van der Waals surface area contributed by atoms with Gasteiger partial charge in [0.15, 0.2) is 6.10 Å². The lowest BCUT2D eigenvalue weighted by molar-refractivity contribution is -0.189. The molecule has 2 aromatic carbocycles. The number of nitrogens with zero attached hydrogens (tertiary/aromatic N) is 3. The van der Waals surface area contributed by atoms with Crippen LogP contribution in [0.15, 0.2) is 35.1 Å². The first-order valence-electron chi connectivity index (χ1n) is 10.9. The Kier molecular flexibility index (Phi) is 6.82. The Morgan fingerprint density at radius 3 is 2.64 bits per heavy atom. The molecule has 1 N–H and O–H groups in total. The van der Waals surface area contributed by atoms with E-state index >= 15 is 4.39 Å². The second-order valence-corrected chi connectivity index (χ2v) is 8.92. The van der Waals surface area contributed by atoms with E-state index in [1.165, 1.54) is 16.7 Å². The number of benzene rings is 2. The molecule has 0 aliphatic carbocycles. The first kappa shape index (κ1) is 25.7. The van der Waals surface area contributed by atoms with Crippen LogP contribution in [0.25, 0.3) is 5.69 Å². The minimum absolute atomic E-state index is 0.181. The zero-order chi connectivity index (χ0) is 26.4. The van der Waals surface area contributed by atoms with Crippen LogP contribution in [0.4, 0.5) is 27.6 Å². The Morgan fingerprint density at radius 2 is 1.97 bits per heavy atom. The molecule has 1 aromatic heterocycles. The number of ether oxygens (including phenoxy) is 1. The highest BCUT2D eigenvalue weighted by molar-refractivity contribution is 6.34. The number of halogens is 6. The van der Waals surface area contributed by atoms with Crippen LogP contribution in [0.3, 0.4) is 0 Å². The highest BCUT2D eigenvalue weighted by Crippen LogP contribution is 2.32. The molecule has 13 heteroatoms. The summed E-state index contributed by atoms with van der Waals surface area (Å²) in [6.07, 6.45) is -6.00. The molecule has 2 atom stereocenters. The van der Waals surface area contributed by atoms with Crippen molar-refractivity contribution in [2.45, 2.75) is 45.5 Å². The number of aryl methyl sites for hydroxylation is 1. The van der Waals surface area contributed by atoms with Crippen LogP contribution in [0.5, 0.6) is 5.75 Å². The van der Waals surface area contributed by atoms with Crippen molar-refractivity contribution in [1.29, 1.82) is 0 Å². The van der Waals surface area contributed by atoms with Crippen LogP contribution < -0.4 is 15.7 Å². The molecular weight excluding hydrogens is 511 g/mol. The number of nitrogens with one attached hydrogen (secondary N) is 1. The summed E-state index contributed by atoms with van der Waals surface area (Å²) in [5, 5.41) is 6.08. The number of amides is 1. The maximum absolute atomic E-state index is 15.2. The SMILES string of the molecule is CC1CCc2nn(-c3cc(O[C@@H](C)C(F)(F)F)c(C(=O)Nc4c(F)cccc4Cl)cc3F)c(=O)n2C1. The average Bonchev–Trinajstić information content (AvgIpc) is 3.12. The number of anilines is 1. The van der Waals surface area contributed by atoms with Gasteiger partial charge in [-0.15, -0.1) is 5.10 Å². The molecule has 1 unspecified atom stereocenters. The average molecular weight is 531 g/mol. The minimum atomic E-state index is -4.82. The Hall–Kier alpha value is -3.41. The molecule has 0 radical (unpaired) electrons. The standard InChI is InChI=1S/C23H20ClF5N4O3/c1-11-6-7-19-31-33(22(35)32(19)10-11)17-9-18(36-12(2)23(27,28)29)13(8-16(17)26)21(34)30-20-14(24)4-3-5-15(20)25/h3-5,8-9,11-12H,6-7,10H2,1-2H3,(H,30,34)/t11?,12-/m0/s1. The first-order chi connectivity index (χ1) is 16.9. The van der Waals surface area contributed by atoms with Gasteiger partial charge in [0.25, 0.3) is 5.91 Å². The second kappa shape index (κ2) is 9.57. The molecule has 0 fully saturated rings. The van der Waals surface area contributed by atoms with Gasteiger partial charge in [0, 0.05) is 19.0 Å². The molecule has 0 saturated heterocycles. The predicted octanol–water partition coefficient (Wildman–Crippen LogP) is 5.13. The Balaban J connectivity index is 1.81. The third-order valence-electron chi connectivity index (χ3n) is 5.78. The number of fused-ring (bicyclic) bond motifs is 1. The number of rotatable bonds is 5. The molecule has 36 heavy (non-hydrogen) atoms. The van der Waals surface area contributed by atoms with Crippen molar-refractivity contribution in [3.05, 3.63) is 68.9 Å². The van der Waals surface area contributed by atoms with E-state index in [1.807, 2.05) is 6.92 Å². The van der Waals surface area contributed by atoms with Crippen molar-refractivity contribution in [3.63, 3.8) is 0 Å². The van der Waals surface area contributed by atoms with E-state index < -0.39 is 58.2 Å². The van der Waals surface area contributed by atoms with Crippen molar-refractivity contribution in [2.24, 2.45) is 5.92 Å². The number of hydrogen-bond acceptors (Lipinski definition) is 4. The summed E-state index contributed by atoms with van der Waals surface area (Å²) in [5.74, 6) is -3.32. The highest BCUT2D eigenvalue weighted by atomic mass is 35.5. The van der Waals surface area contributed by atoms with E-state index in [1.54, 1.807) is 0 Å². The van der Waals surface area contributed by atoms with E-state index in [-0.39, 0.29) is 10.9 Å². The summed E-state index contributed by atoms with van der Waals surface area (Å²) >= 11 is 5.90. The van der Waals surface area contributed by atoms with Gasteiger partial charge in [-0.2, -0.15) is 17.9 Å². The summed E-state index contributed by atoms with van der Waals surface area (Å²) in [4.78, 5) is 25.8. The van der Waals surface area contributed by atoms with Gasteiger partial charge < -0.3 is 10.1 Å². The van der Waals surface area contributed by atoms with Crippen molar-refractivity contribution in [3.8, 4) is 11.4 Å². The van der Waals surface area contributed by atoms with E-state index in [0.717, 1.165) is 23.2 Å². The molecule has 0 spiro atoms. The molecule has 1 aliphatic rings. The van der Waals surface area contributed by atoms with Crippen molar-refractivity contribution in [1.82, 2.24) is 14.3 Å². The number of alkyl halides is 3. The maximum Gasteiger partial charge on any atom is 0.425 e. The summed E-state index contributed by atoms with van der Waals surface area (Å²) in [7, 11) is 0. The number of hydrogen-bond donors (Lipinski definition) is 1. The smallest absolute Gasteiger partial charge is 0.425 e. The lowest BCUT2D eigenvalue weighted by atomic mass is 10.0. The fourth-order valence-corrected chi connectivity index (χ4v) is 3.99. The molecule has 1 aliphatic heterocycles. The van der Waals surface area contributed by atoms with E-state index in [9.17, 15) is 27.2 Å². The predicted molar refractivity (Wildman–Crippen MR) is 121 cm³/mol. The normalized spacial score (nSPS) is 16.4. The number of para-hydroxylation sites is 1. The summed E-state index contributed by atoms with van der Waals surface area (Å²) in [5.41, 5.74) is -2.30. The first-order valence-corrected chi connectivity index (χ1v) is 11.3. The topological polar surface area (TPSA) is 78.2 Å². The van der Waals surface area contributed by atoms with Gasteiger partial charge in [-0.25, -0.2) is 13.6 Å². The molecular formula is C23H20ClF5N4O3. The van der Waals surface area contributed by atoms with Crippen molar-refractivity contribution >= 4 is 23.2 Å². The molecule has 0 bridgehead atoms. The van der Waals surface area contributed by atoms with Crippen LogP contribution in [-0.4, -0.2) is 32.5 Å². The molecule has 4 rings (SSSR count). The Bertz CT molecular complexity index is 1370. The zero-order valence-corrected chi connectivity index (χ0v) is 19.8. The second-order valence-electron chi connectivity index (χ2n) is 8.52. The summed E-state index contributed by atoms with van der Waals surface area (Å²) in [6, 6.07) is 4.96. The number of carbonyl (C=O) groups is 1. The van der Waals surface area contributed by atoms with E-state index in [2.05, 4.69) is 10.4 Å². The third-order valence-corrected chi connectivity index (χ3v) is 6.10. The minimum Gasteiger partial charge on any atom is -0.480 e. The van der Waals surface area contributed by atoms with Gasteiger partial charge in [-0.1, -0.05) is 24.6 Å². The largest absolute Gasteiger partial charge is 0.480 e. The van der Waals surface area contributed by atoms with E-state index in [0.29, 0.717) is 31.8 Å². The van der Waals surface area contributed by atoms with Gasteiger partial charge in [0.1, 0.15) is 28.9 Å². The van der Waals surface area contributed by atoms with Gasteiger partial charge in [0.05, 0.1) is 16.3 Å². The van der Waals surface area contributed by atoms with Crippen LogP contribution in [0.2, 0.25) is 5.02 Å². The lowest BCUT2D eigenvalue weighted by Crippen LogP contribution is -2.32. The van der Waals surface area contributed by atoms with Crippen LogP contribution >= 0.6 is 11.6 Å². The van der Waals surface area contributed by atoms with Crippen molar-refractivity contribution in [2.75, 3.05) is 5.32 Å². The van der Waals surface area contributed by atoms with Gasteiger partial charge in [-0.3, -0.25) is 9.36 Å². The van der Waals surface area contributed by atoms with Crippen LogP contribution in [0, 0.1) is 17.6 Å². The fraction of sp³-hybridized carbons (Fsp3) is 0.348. The van der Waals surface area contributed by atoms with Gasteiger partial charge in [0.2, 0.25) is 0 Å².